The third kappa shape index (κ3) is 8.20. The van der Waals surface area contributed by atoms with Gasteiger partial charge >= 0.3 is 6.72 Å². The maximum absolute atomic E-state index is 11.9. The minimum atomic E-state index is -2.79. The van der Waals surface area contributed by atoms with Crippen LogP contribution >= 0.6 is 27.9 Å². The highest BCUT2D eigenvalue weighted by atomic mass is 33.3. The van der Waals surface area contributed by atoms with E-state index in [0.29, 0.717) is 6.54 Å². The molecule has 0 aromatic carbocycles. The standard InChI is InChI=1S/C8H19N2O2PS2/c1-4-6-7-14-15-13(11,12-3)10-8-9-5-2/h8H,4-7H2,1-3H3,(H,9,10,11). The molecule has 15 heavy (non-hydrogen) atoms. The van der Waals surface area contributed by atoms with Gasteiger partial charge in [0, 0.05) is 29.8 Å². The maximum atomic E-state index is 11.9. The first-order chi connectivity index (χ1) is 7.18. The molecule has 0 fully saturated rings. The van der Waals surface area contributed by atoms with E-state index in [4.69, 9.17) is 4.52 Å². The van der Waals surface area contributed by atoms with Crippen LogP contribution in [0.3, 0.4) is 0 Å². The number of unbranched alkanes of at least 4 members (excludes halogenated alkanes) is 1. The first kappa shape index (κ1) is 15.4. The summed E-state index contributed by atoms with van der Waals surface area (Å²) < 4.78 is 16.9. The molecule has 0 aromatic rings. The van der Waals surface area contributed by atoms with Crippen LogP contribution in [0.1, 0.15) is 26.7 Å². The summed E-state index contributed by atoms with van der Waals surface area (Å²) in [6, 6.07) is 0. The maximum Gasteiger partial charge on any atom is 0.361 e. The molecular weight excluding hydrogens is 251 g/mol. The smallest absolute Gasteiger partial charge is 0.309 e. The van der Waals surface area contributed by atoms with E-state index in [2.05, 4.69) is 17.0 Å². The molecule has 0 bridgehead atoms. The van der Waals surface area contributed by atoms with Crippen LogP contribution in [-0.2, 0) is 9.09 Å². The summed E-state index contributed by atoms with van der Waals surface area (Å²) in [6.45, 7) is 1.93. The predicted octanol–water partition coefficient (Wildman–Crippen LogP) is 3.56. The van der Waals surface area contributed by atoms with E-state index >= 15 is 0 Å². The molecule has 0 radical (unpaired) electrons. The van der Waals surface area contributed by atoms with E-state index in [-0.39, 0.29) is 0 Å². The van der Waals surface area contributed by atoms with E-state index in [9.17, 15) is 4.57 Å². The van der Waals surface area contributed by atoms with Crippen molar-refractivity contribution < 1.29 is 9.09 Å². The molecule has 4 nitrogen and oxygen atoms in total. The summed E-state index contributed by atoms with van der Waals surface area (Å²) in [5.41, 5.74) is 0. The average molecular weight is 270 g/mol. The van der Waals surface area contributed by atoms with Crippen molar-refractivity contribution in [2.24, 2.45) is 4.99 Å². The highest BCUT2D eigenvalue weighted by Gasteiger charge is 2.21. The van der Waals surface area contributed by atoms with E-state index < -0.39 is 6.72 Å². The Morgan fingerprint density at radius 2 is 2.27 bits per heavy atom. The predicted molar refractivity (Wildman–Crippen MR) is 71.7 cm³/mol. The summed E-state index contributed by atoms with van der Waals surface area (Å²) in [5.74, 6) is 0.987. The molecule has 90 valence electrons. The zero-order valence-corrected chi connectivity index (χ0v) is 12.0. The largest absolute Gasteiger partial charge is 0.361 e. The van der Waals surface area contributed by atoms with Crippen molar-refractivity contribution in [3.05, 3.63) is 0 Å². The molecule has 1 atom stereocenters. The number of hydrogen-bond acceptors (Lipinski definition) is 5. The number of aliphatic imine (C=N–C) groups is 1. The first-order valence-electron chi connectivity index (χ1n) is 4.91. The second kappa shape index (κ2) is 9.58. The molecular formula is C8H19N2O2PS2. The normalized spacial score (nSPS) is 15.4. The Balaban J connectivity index is 3.85. The lowest BCUT2D eigenvalue weighted by atomic mass is 10.4. The fourth-order valence-electron chi connectivity index (χ4n) is 0.617. The molecule has 0 aliphatic rings. The summed E-state index contributed by atoms with van der Waals surface area (Å²) in [6.07, 6.45) is 3.73. The Morgan fingerprint density at radius 3 is 2.80 bits per heavy atom. The van der Waals surface area contributed by atoms with Crippen LogP contribution in [0, 0.1) is 0 Å². The molecule has 1 unspecified atom stereocenters. The van der Waals surface area contributed by atoms with Crippen LogP contribution in [-0.4, -0.2) is 25.7 Å². The lowest BCUT2D eigenvalue weighted by Gasteiger charge is -2.13. The average Bonchev–Trinajstić information content (AvgIpc) is 2.25. The third-order valence-electron chi connectivity index (χ3n) is 1.46. The van der Waals surface area contributed by atoms with Gasteiger partial charge in [0.25, 0.3) is 0 Å². The Bertz CT molecular complexity index is 227. The highest BCUT2D eigenvalue weighted by molar-refractivity contribution is 8.99. The first-order valence-corrected chi connectivity index (χ1v) is 9.46. The van der Waals surface area contributed by atoms with E-state index in [1.165, 1.54) is 23.9 Å². The molecule has 0 spiro atoms. The number of rotatable bonds is 9. The summed E-state index contributed by atoms with van der Waals surface area (Å²) >= 11 is 0. The zero-order chi connectivity index (χ0) is 11.6. The van der Waals surface area contributed by atoms with Crippen LogP contribution in [0.25, 0.3) is 0 Å². The van der Waals surface area contributed by atoms with Crippen molar-refractivity contribution in [2.75, 3.05) is 19.4 Å². The fraction of sp³-hybridized carbons (Fsp3) is 0.875. The topological polar surface area (TPSA) is 50.7 Å². The van der Waals surface area contributed by atoms with E-state index in [1.807, 2.05) is 6.92 Å². The van der Waals surface area contributed by atoms with Crippen molar-refractivity contribution in [3.8, 4) is 0 Å². The molecule has 0 aliphatic carbocycles. The van der Waals surface area contributed by atoms with Crippen LogP contribution in [0.15, 0.2) is 4.99 Å². The molecule has 0 aromatic heterocycles. The Kier molecular flexibility index (Phi) is 9.81. The summed E-state index contributed by atoms with van der Waals surface area (Å²) in [7, 11) is 4.28. The second-order valence-corrected chi connectivity index (χ2v) is 9.04. The SMILES string of the molecule is CCCCSSP(=O)(NC=NCC)OC. The Labute approximate surface area is 99.7 Å². The van der Waals surface area contributed by atoms with Gasteiger partial charge in [0.2, 0.25) is 0 Å². The molecule has 0 heterocycles. The summed E-state index contributed by atoms with van der Waals surface area (Å²) in [5, 5.41) is 2.71. The monoisotopic (exact) mass is 270 g/mol. The molecule has 1 N–H and O–H groups in total. The minimum Gasteiger partial charge on any atom is -0.309 e. The molecule has 0 amide bonds. The van der Waals surface area contributed by atoms with Gasteiger partial charge in [-0.05, 0) is 13.3 Å². The molecule has 0 saturated carbocycles. The van der Waals surface area contributed by atoms with Gasteiger partial charge in [-0.15, -0.1) is 0 Å². The van der Waals surface area contributed by atoms with Crippen molar-refractivity contribution >= 4 is 34.3 Å². The van der Waals surface area contributed by atoms with Gasteiger partial charge in [-0.25, -0.2) is 0 Å². The lowest BCUT2D eigenvalue weighted by Crippen LogP contribution is -2.06. The second-order valence-electron chi connectivity index (χ2n) is 2.69. The van der Waals surface area contributed by atoms with Crippen molar-refractivity contribution in [1.82, 2.24) is 5.09 Å². The molecule has 0 aliphatic heterocycles. The van der Waals surface area contributed by atoms with Gasteiger partial charge in [0.1, 0.15) is 0 Å². The van der Waals surface area contributed by atoms with Gasteiger partial charge < -0.3 is 4.52 Å². The Hall–Kier alpha value is 0.360. The van der Waals surface area contributed by atoms with Crippen LogP contribution in [0.5, 0.6) is 0 Å². The number of nitrogens with one attached hydrogen (secondary N) is 1. The number of nitrogens with zero attached hydrogens (tertiary/aromatic N) is 1. The third-order valence-corrected chi connectivity index (χ3v) is 8.01. The quantitative estimate of drug-likeness (QED) is 0.228. The zero-order valence-electron chi connectivity index (χ0n) is 9.43. The molecule has 0 rings (SSSR count). The minimum absolute atomic E-state index is 0.671. The van der Waals surface area contributed by atoms with Crippen molar-refractivity contribution in [1.29, 1.82) is 0 Å². The van der Waals surface area contributed by atoms with E-state index in [1.54, 1.807) is 10.8 Å². The van der Waals surface area contributed by atoms with Crippen LogP contribution < -0.4 is 5.09 Å². The Morgan fingerprint density at radius 1 is 1.53 bits per heavy atom. The summed E-state index contributed by atoms with van der Waals surface area (Å²) in [4.78, 5) is 3.94. The number of hydrogen-bond donors (Lipinski definition) is 1. The van der Waals surface area contributed by atoms with Gasteiger partial charge in [-0.1, -0.05) is 24.1 Å². The van der Waals surface area contributed by atoms with Gasteiger partial charge in [0.05, 0.1) is 6.34 Å². The van der Waals surface area contributed by atoms with Gasteiger partial charge in [-0.3, -0.25) is 14.6 Å². The van der Waals surface area contributed by atoms with Crippen molar-refractivity contribution in [3.63, 3.8) is 0 Å². The van der Waals surface area contributed by atoms with Crippen LogP contribution in [0.4, 0.5) is 0 Å². The fourth-order valence-corrected chi connectivity index (χ4v) is 5.97. The lowest BCUT2D eigenvalue weighted by molar-refractivity contribution is 0.406. The van der Waals surface area contributed by atoms with Gasteiger partial charge in [0.15, 0.2) is 0 Å². The molecule has 0 saturated heterocycles. The van der Waals surface area contributed by atoms with Crippen molar-refractivity contribution in [2.45, 2.75) is 26.7 Å². The van der Waals surface area contributed by atoms with Crippen LogP contribution in [0.2, 0.25) is 0 Å². The van der Waals surface area contributed by atoms with Gasteiger partial charge in [-0.2, -0.15) is 0 Å². The highest BCUT2D eigenvalue weighted by Crippen LogP contribution is 2.60. The van der Waals surface area contributed by atoms with E-state index in [0.717, 1.165) is 18.6 Å². The molecule has 7 heteroatoms.